The Morgan fingerprint density at radius 3 is 2.45 bits per heavy atom. The molecule has 0 N–H and O–H groups in total. The average molecular weight is 270 g/mol. The van der Waals surface area contributed by atoms with Crippen LogP contribution in [0.15, 0.2) is 0 Å². The number of piperazine rings is 1. The van der Waals surface area contributed by atoms with Crippen LogP contribution in [0.2, 0.25) is 0 Å². The standard InChI is InChI=1S/C7H15IN2O/c1-11-7-6-9-2-4-10(8)5-3-9/h2-7H2,1H3. The van der Waals surface area contributed by atoms with Gasteiger partial charge >= 0.3 is 0 Å². The van der Waals surface area contributed by atoms with Gasteiger partial charge in [0.25, 0.3) is 0 Å². The van der Waals surface area contributed by atoms with E-state index in [-0.39, 0.29) is 0 Å². The number of nitrogens with zero attached hydrogens (tertiary/aromatic N) is 2. The molecular formula is C7H15IN2O. The lowest BCUT2D eigenvalue weighted by molar-refractivity contribution is 0.129. The lowest BCUT2D eigenvalue weighted by atomic mass is 10.4. The molecule has 0 aromatic carbocycles. The van der Waals surface area contributed by atoms with Gasteiger partial charge in [-0.15, -0.1) is 0 Å². The molecule has 66 valence electrons. The highest BCUT2D eigenvalue weighted by atomic mass is 127. The first-order valence-electron chi connectivity index (χ1n) is 3.95. The zero-order valence-corrected chi connectivity index (χ0v) is 9.08. The minimum absolute atomic E-state index is 0.862. The quantitative estimate of drug-likeness (QED) is 0.552. The molecule has 0 aromatic rings. The second-order valence-electron chi connectivity index (χ2n) is 2.74. The van der Waals surface area contributed by atoms with Gasteiger partial charge in [0.1, 0.15) is 0 Å². The average Bonchev–Trinajstić information content (AvgIpc) is 2.04. The van der Waals surface area contributed by atoms with Crippen molar-refractivity contribution in [1.82, 2.24) is 8.01 Å². The molecule has 1 rings (SSSR count). The molecular weight excluding hydrogens is 255 g/mol. The normalized spacial score (nSPS) is 22.4. The van der Waals surface area contributed by atoms with Crippen LogP contribution in [-0.4, -0.2) is 54.5 Å². The number of hydrogen-bond acceptors (Lipinski definition) is 3. The number of hydrogen-bond donors (Lipinski definition) is 0. The predicted octanol–water partition coefficient (Wildman–Crippen LogP) is 0.600. The summed E-state index contributed by atoms with van der Waals surface area (Å²) < 4.78 is 7.35. The third kappa shape index (κ3) is 3.68. The van der Waals surface area contributed by atoms with Crippen LogP contribution in [-0.2, 0) is 4.74 Å². The molecule has 4 heteroatoms. The fourth-order valence-corrected chi connectivity index (χ4v) is 1.60. The van der Waals surface area contributed by atoms with Crippen LogP contribution in [0.4, 0.5) is 0 Å². The van der Waals surface area contributed by atoms with Gasteiger partial charge in [-0.3, -0.25) is 4.90 Å². The summed E-state index contributed by atoms with van der Waals surface area (Å²) in [6, 6.07) is 0. The van der Waals surface area contributed by atoms with E-state index in [1.807, 2.05) is 0 Å². The van der Waals surface area contributed by atoms with Gasteiger partial charge in [0.2, 0.25) is 0 Å². The molecule has 1 fully saturated rings. The highest BCUT2D eigenvalue weighted by Crippen LogP contribution is 2.05. The molecule has 3 nitrogen and oxygen atoms in total. The lowest BCUT2D eigenvalue weighted by Gasteiger charge is -2.30. The van der Waals surface area contributed by atoms with Crippen molar-refractivity contribution >= 4 is 22.9 Å². The molecule has 0 unspecified atom stereocenters. The van der Waals surface area contributed by atoms with Gasteiger partial charge in [-0.25, -0.2) is 3.11 Å². The summed E-state index contributed by atoms with van der Waals surface area (Å²) in [5, 5.41) is 0. The molecule has 0 radical (unpaired) electrons. The summed E-state index contributed by atoms with van der Waals surface area (Å²) in [6.07, 6.45) is 0. The summed E-state index contributed by atoms with van der Waals surface area (Å²) in [5.41, 5.74) is 0. The Kier molecular flexibility index (Phi) is 4.66. The van der Waals surface area contributed by atoms with E-state index in [2.05, 4.69) is 30.9 Å². The van der Waals surface area contributed by atoms with Gasteiger partial charge in [-0.05, 0) is 0 Å². The first kappa shape index (κ1) is 9.70. The van der Waals surface area contributed by atoms with Crippen LogP contribution in [0.5, 0.6) is 0 Å². The van der Waals surface area contributed by atoms with E-state index in [0.717, 1.165) is 13.2 Å². The zero-order valence-electron chi connectivity index (χ0n) is 6.92. The van der Waals surface area contributed by atoms with Crippen molar-refractivity contribution in [3.8, 4) is 0 Å². The summed E-state index contributed by atoms with van der Waals surface area (Å²) in [4.78, 5) is 2.44. The van der Waals surface area contributed by atoms with E-state index in [4.69, 9.17) is 4.74 Å². The fraction of sp³-hybridized carbons (Fsp3) is 1.00. The van der Waals surface area contributed by atoms with Crippen LogP contribution in [0.1, 0.15) is 0 Å². The second-order valence-corrected chi connectivity index (χ2v) is 4.11. The van der Waals surface area contributed by atoms with Crippen molar-refractivity contribution in [2.45, 2.75) is 0 Å². The lowest BCUT2D eigenvalue weighted by Crippen LogP contribution is -2.43. The first-order valence-corrected chi connectivity index (χ1v) is 4.91. The molecule has 0 spiro atoms. The highest BCUT2D eigenvalue weighted by Gasteiger charge is 2.13. The summed E-state index contributed by atoms with van der Waals surface area (Å²) in [6.45, 7) is 6.69. The molecule has 1 heterocycles. The maximum absolute atomic E-state index is 5.01. The van der Waals surface area contributed by atoms with Gasteiger partial charge in [0.05, 0.1) is 6.61 Å². The molecule has 1 aliphatic heterocycles. The Morgan fingerprint density at radius 2 is 1.91 bits per heavy atom. The van der Waals surface area contributed by atoms with E-state index in [1.54, 1.807) is 7.11 Å². The number of ether oxygens (including phenoxy) is 1. The predicted molar refractivity (Wildman–Crippen MR) is 53.9 cm³/mol. The molecule has 0 aromatic heterocycles. The molecule has 0 saturated carbocycles. The number of methoxy groups -OCH3 is 1. The van der Waals surface area contributed by atoms with Crippen molar-refractivity contribution in [1.29, 1.82) is 0 Å². The van der Waals surface area contributed by atoms with Crippen molar-refractivity contribution in [2.75, 3.05) is 46.4 Å². The third-order valence-electron chi connectivity index (χ3n) is 1.93. The summed E-state index contributed by atoms with van der Waals surface area (Å²) in [7, 11) is 1.76. The van der Waals surface area contributed by atoms with Gasteiger partial charge in [-0.1, -0.05) is 0 Å². The molecule has 1 aliphatic rings. The van der Waals surface area contributed by atoms with Crippen LogP contribution < -0.4 is 0 Å². The Balaban J connectivity index is 2.07. The second kappa shape index (κ2) is 5.29. The molecule has 0 bridgehead atoms. The van der Waals surface area contributed by atoms with Crippen LogP contribution in [0.3, 0.4) is 0 Å². The van der Waals surface area contributed by atoms with Gasteiger partial charge in [-0.2, -0.15) is 0 Å². The summed E-state index contributed by atoms with van der Waals surface area (Å²) in [5.74, 6) is 0. The van der Waals surface area contributed by atoms with Crippen molar-refractivity contribution in [3.63, 3.8) is 0 Å². The van der Waals surface area contributed by atoms with Crippen molar-refractivity contribution in [3.05, 3.63) is 0 Å². The maximum atomic E-state index is 5.01. The van der Waals surface area contributed by atoms with Gasteiger partial charge in [0, 0.05) is 62.7 Å². The van der Waals surface area contributed by atoms with Crippen molar-refractivity contribution < 1.29 is 4.74 Å². The first-order chi connectivity index (χ1) is 5.33. The number of halogens is 1. The minimum Gasteiger partial charge on any atom is -0.383 e. The Morgan fingerprint density at radius 1 is 1.27 bits per heavy atom. The smallest absolute Gasteiger partial charge is 0.0589 e. The maximum Gasteiger partial charge on any atom is 0.0589 e. The topological polar surface area (TPSA) is 15.7 Å². The van der Waals surface area contributed by atoms with Crippen LogP contribution in [0.25, 0.3) is 0 Å². The monoisotopic (exact) mass is 270 g/mol. The van der Waals surface area contributed by atoms with Crippen LogP contribution >= 0.6 is 22.9 Å². The molecule has 11 heavy (non-hydrogen) atoms. The van der Waals surface area contributed by atoms with Crippen LogP contribution in [0, 0.1) is 0 Å². The Labute approximate surface area is 82.2 Å². The van der Waals surface area contributed by atoms with E-state index < -0.39 is 0 Å². The minimum atomic E-state index is 0.862. The number of rotatable bonds is 3. The SMILES string of the molecule is COCCN1CCN(I)CC1. The van der Waals surface area contributed by atoms with E-state index in [1.165, 1.54) is 26.2 Å². The van der Waals surface area contributed by atoms with E-state index in [0.29, 0.717) is 0 Å². The molecule has 0 aliphatic carbocycles. The fourth-order valence-electron chi connectivity index (χ4n) is 1.17. The summed E-state index contributed by atoms with van der Waals surface area (Å²) >= 11 is 2.38. The third-order valence-corrected chi connectivity index (χ3v) is 2.89. The molecule has 0 amide bonds. The van der Waals surface area contributed by atoms with E-state index in [9.17, 15) is 0 Å². The van der Waals surface area contributed by atoms with E-state index >= 15 is 0 Å². The Bertz CT molecular complexity index is 102. The zero-order chi connectivity index (χ0) is 8.10. The van der Waals surface area contributed by atoms with Gasteiger partial charge in [0.15, 0.2) is 0 Å². The molecule has 0 atom stereocenters. The molecule has 1 saturated heterocycles. The Hall–Kier alpha value is 0.610. The largest absolute Gasteiger partial charge is 0.383 e. The van der Waals surface area contributed by atoms with Gasteiger partial charge < -0.3 is 4.74 Å². The van der Waals surface area contributed by atoms with Crippen molar-refractivity contribution in [2.24, 2.45) is 0 Å². The highest BCUT2D eigenvalue weighted by molar-refractivity contribution is 14.1.